The molecule has 0 fully saturated rings. The molecule has 0 spiro atoms. The Kier molecular flexibility index (Phi) is 2.42. The first-order valence-electron chi connectivity index (χ1n) is 4.57. The summed E-state index contributed by atoms with van der Waals surface area (Å²) < 4.78 is 5.65. The Labute approximate surface area is 73.4 Å². The smallest absolute Gasteiger partial charge is 0.0790 e. The molecule has 0 aromatic carbocycles. The molecule has 0 aliphatic heterocycles. The van der Waals surface area contributed by atoms with Crippen molar-refractivity contribution in [2.45, 2.75) is 18.9 Å². The van der Waals surface area contributed by atoms with Gasteiger partial charge in [-0.2, -0.15) is 0 Å². The quantitative estimate of drug-likeness (QED) is 0.579. The number of allylic oxidation sites excluding steroid dienone is 3. The van der Waals surface area contributed by atoms with Gasteiger partial charge in [0.05, 0.1) is 12.7 Å². The predicted molar refractivity (Wildman–Crippen MR) is 49.9 cm³/mol. The summed E-state index contributed by atoms with van der Waals surface area (Å²) in [6.07, 6.45) is 15.5. The van der Waals surface area contributed by atoms with Crippen LogP contribution < -0.4 is 0 Å². The summed E-state index contributed by atoms with van der Waals surface area (Å²) in [6, 6.07) is 0. The summed E-state index contributed by atoms with van der Waals surface area (Å²) in [6.45, 7) is 0.871. The Morgan fingerprint density at radius 2 is 2.00 bits per heavy atom. The van der Waals surface area contributed by atoms with Crippen molar-refractivity contribution in [1.82, 2.24) is 0 Å². The molecule has 2 atom stereocenters. The monoisotopic (exact) mass is 162 g/mol. The maximum Gasteiger partial charge on any atom is 0.0790 e. The summed E-state index contributed by atoms with van der Waals surface area (Å²) in [4.78, 5) is 0. The predicted octanol–water partition coefficient (Wildman–Crippen LogP) is 2.46. The van der Waals surface area contributed by atoms with Crippen LogP contribution in [0.1, 0.15) is 12.8 Å². The molecule has 0 amide bonds. The second-order valence-electron chi connectivity index (χ2n) is 3.34. The van der Waals surface area contributed by atoms with Crippen molar-refractivity contribution in [2.75, 3.05) is 6.61 Å². The van der Waals surface area contributed by atoms with E-state index < -0.39 is 0 Å². The molecule has 2 rings (SSSR count). The highest BCUT2D eigenvalue weighted by Gasteiger charge is 2.12. The van der Waals surface area contributed by atoms with Crippen molar-refractivity contribution in [3.8, 4) is 0 Å². The zero-order valence-corrected chi connectivity index (χ0v) is 7.15. The minimum atomic E-state index is 0.407. The van der Waals surface area contributed by atoms with Gasteiger partial charge in [-0.3, -0.25) is 0 Å². The highest BCUT2D eigenvalue weighted by molar-refractivity contribution is 5.11. The number of rotatable bonds is 3. The van der Waals surface area contributed by atoms with Gasteiger partial charge in [0.2, 0.25) is 0 Å². The molecule has 2 aliphatic rings. The number of hydrogen-bond donors (Lipinski definition) is 0. The molecule has 0 saturated carbocycles. The lowest BCUT2D eigenvalue weighted by Gasteiger charge is -2.21. The van der Waals surface area contributed by atoms with Crippen LogP contribution in [0.2, 0.25) is 0 Å². The van der Waals surface area contributed by atoms with E-state index in [4.69, 9.17) is 4.74 Å². The minimum Gasteiger partial charge on any atom is -0.373 e. The van der Waals surface area contributed by atoms with Crippen molar-refractivity contribution in [1.29, 1.82) is 0 Å². The van der Waals surface area contributed by atoms with Gasteiger partial charge in [0.25, 0.3) is 0 Å². The standard InChI is InChI=1S/C11H14O/c1-2-5-10(6-3-1)9-12-11-7-4-8-11/h1-5,7,10-11H,6,8-9H2/t10-,11-/m1/s1. The van der Waals surface area contributed by atoms with Crippen LogP contribution in [0.5, 0.6) is 0 Å². The average Bonchev–Trinajstić information content (AvgIpc) is 2.04. The number of ether oxygens (including phenoxy) is 1. The fourth-order valence-corrected chi connectivity index (χ4v) is 1.37. The van der Waals surface area contributed by atoms with E-state index in [1.807, 2.05) is 0 Å². The van der Waals surface area contributed by atoms with Gasteiger partial charge in [-0.1, -0.05) is 36.5 Å². The summed E-state index contributed by atoms with van der Waals surface area (Å²) in [5, 5.41) is 0. The number of hydrogen-bond acceptors (Lipinski definition) is 1. The van der Waals surface area contributed by atoms with Crippen LogP contribution in [0.3, 0.4) is 0 Å². The van der Waals surface area contributed by atoms with E-state index in [2.05, 4.69) is 36.5 Å². The Balaban J connectivity index is 1.69. The summed E-state index contributed by atoms with van der Waals surface area (Å²) in [7, 11) is 0. The third kappa shape index (κ3) is 1.86. The molecule has 64 valence electrons. The second kappa shape index (κ2) is 3.72. The topological polar surface area (TPSA) is 9.23 Å². The van der Waals surface area contributed by atoms with Crippen molar-refractivity contribution in [2.24, 2.45) is 5.92 Å². The lowest BCUT2D eigenvalue weighted by molar-refractivity contribution is 0.0599. The highest BCUT2D eigenvalue weighted by Crippen LogP contribution is 2.17. The summed E-state index contributed by atoms with van der Waals surface area (Å²) in [5.74, 6) is 0.601. The van der Waals surface area contributed by atoms with Gasteiger partial charge in [-0.25, -0.2) is 0 Å². The Morgan fingerprint density at radius 3 is 2.58 bits per heavy atom. The first-order valence-corrected chi connectivity index (χ1v) is 4.57. The molecule has 0 unspecified atom stereocenters. The van der Waals surface area contributed by atoms with E-state index in [-0.39, 0.29) is 0 Å². The molecular formula is C11H14O. The minimum absolute atomic E-state index is 0.407. The van der Waals surface area contributed by atoms with E-state index in [0.29, 0.717) is 12.0 Å². The summed E-state index contributed by atoms with van der Waals surface area (Å²) >= 11 is 0. The molecule has 2 aliphatic carbocycles. The molecule has 0 bridgehead atoms. The largest absolute Gasteiger partial charge is 0.373 e. The Hall–Kier alpha value is -0.820. The van der Waals surface area contributed by atoms with Gasteiger partial charge in [-0.15, -0.1) is 0 Å². The third-order valence-corrected chi connectivity index (χ3v) is 2.31. The molecule has 1 heteroatoms. The van der Waals surface area contributed by atoms with E-state index in [1.165, 1.54) is 0 Å². The van der Waals surface area contributed by atoms with Gasteiger partial charge in [0, 0.05) is 5.92 Å². The van der Waals surface area contributed by atoms with E-state index in [1.54, 1.807) is 0 Å². The SMILES string of the molecule is C1=CC[C@H](CO[C@@H]2C=CC2)C=C1. The van der Waals surface area contributed by atoms with Crippen LogP contribution in [-0.2, 0) is 4.74 Å². The second-order valence-corrected chi connectivity index (χ2v) is 3.34. The molecule has 0 heterocycles. The van der Waals surface area contributed by atoms with Gasteiger partial charge in [-0.05, 0) is 12.8 Å². The molecule has 0 aromatic rings. The fraction of sp³-hybridized carbons (Fsp3) is 0.455. The molecule has 0 saturated heterocycles. The van der Waals surface area contributed by atoms with Crippen LogP contribution in [0.25, 0.3) is 0 Å². The molecule has 1 nitrogen and oxygen atoms in total. The molecule has 0 aromatic heterocycles. The van der Waals surface area contributed by atoms with Gasteiger partial charge < -0.3 is 4.74 Å². The van der Waals surface area contributed by atoms with Crippen molar-refractivity contribution in [3.05, 3.63) is 36.5 Å². The Bertz CT molecular complexity index is 225. The van der Waals surface area contributed by atoms with E-state index in [0.717, 1.165) is 19.4 Å². The van der Waals surface area contributed by atoms with Crippen LogP contribution in [0, 0.1) is 5.92 Å². The molecule has 0 radical (unpaired) electrons. The van der Waals surface area contributed by atoms with Crippen molar-refractivity contribution >= 4 is 0 Å². The summed E-state index contributed by atoms with van der Waals surface area (Å²) in [5.41, 5.74) is 0. The lowest BCUT2D eigenvalue weighted by atomic mass is 10.0. The fourth-order valence-electron chi connectivity index (χ4n) is 1.37. The molecule has 0 N–H and O–H groups in total. The van der Waals surface area contributed by atoms with Crippen molar-refractivity contribution in [3.63, 3.8) is 0 Å². The molecule has 12 heavy (non-hydrogen) atoms. The zero-order valence-electron chi connectivity index (χ0n) is 7.15. The zero-order chi connectivity index (χ0) is 8.23. The lowest BCUT2D eigenvalue weighted by Crippen LogP contribution is -2.19. The van der Waals surface area contributed by atoms with Crippen LogP contribution in [0.15, 0.2) is 36.5 Å². The third-order valence-electron chi connectivity index (χ3n) is 2.31. The normalized spacial score (nSPS) is 32.0. The van der Waals surface area contributed by atoms with E-state index >= 15 is 0 Å². The highest BCUT2D eigenvalue weighted by atomic mass is 16.5. The van der Waals surface area contributed by atoms with Gasteiger partial charge >= 0.3 is 0 Å². The maximum atomic E-state index is 5.65. The molecular weight excluding hydrogens is 148 g/mol. The van der Waals surface area contributed by atoms with Gasteiger partial charge in [0.15, 0.2) is 0 Å². The van der Waals surface area contributed by atoms with Crippen molar-refractivity contribution < 1.29 is 4.74 Å². The first-order chi connectivity index (χ1) is 5.95. The average molecular weight is 162 g/mol. The van der Waals surface area contributed by atoms with Crippen LogP contribution in [0.4, 0.5) is 0 Å². The van der Waals surface area contributed by atoms with Gasteiger partial charge in [0.1, 0.15) is 0 Å². The van der Waals surface area contributed by atoms with E-state index in [9.17, 15) is 0 Å². The first kappa shape index (κ1) is 7.81. The van der Waals surface area contributed by atoms with Crippen LogP contribution >= 0.6 is 0 Å². The Morgan fingerprint density at radius 1 is 1.08 bits per heavy atom. The van der Waals surface area contributed by atoms with Crippen LogP contribution in [-0.4, -0.2) is 12.7 Å². The maximum absolute atomic E-state index is 5.65.